The fraction of sp³-hybridized carbons (Fsp3) is 0.111. The van der Waals surface area contributed by atoms with E-state index in [2.05, 4.69) is 45.3 Å². The van der Waals surface area contributed by atoms with E-state index in [9.17, 15) is 13.2 Å². The van der Waals surface area contributed by atoms with Gasteiger partial charge in [-0.15, -0.1) is 6.42 Å². The number of carbonyl (C=O) groups is 1. The fourth-order valence-electron chi connectivity index (χ4n) is 3.63. The second-order valence-corrected chi connectivity index (χ2v) is 9.56. The van der Waals surface area contributed by atoms with Crippen molar-refractivity contribution in [3.8, 4) is 23.5 Å². The van der Waals surface area contributed by atoms with Gasteiger partial charge >= 0.3 is 0 Å². The predicted octanol–water partition coefficient (Wildman–Crippen LogP) is 3.44. The summed E-state index contributed by atoms with van der Waals surface area (Å²) < 4.78 is 28.8. The van der Waals surface area contributed by atoms with E-state index in [4.69, 9.17) is 6.42 Å². The van der Waals surface area contributed by atoms with Crippen LogP contribution in [0, 0.1) is 12.3 Å². The molecular weight excluding hydrogens is 460 g/mol. The summed E-state index contributed by atoms with van der Waals surface area (Å²) in [6, 6.07) is 23.8. The van der Waals surface area contributed by atoms with E-state index in [0.717, 1.165) is 22.3 Å². The third-order valence-corrected chi connectivity index (χ3v) is 6.80. The molecule has 0 saturated carbocycles. The van der Waals surface area contributed by atoms with E-state index in [1.54, 1.807) is 12.3 Å². The summed E-state index contributed by atoms with van der Waals surface area (Å²) in [5.74, 6) is 1.86. The van der Waals surface area contributed by atoms with Crippen LogP contribution in [0.4, 0.5) is 0 Å². The average Bonchev–Trinajstić information content (AvgIpc) is 3.40. The highest BCUT2D eigenvalue weighted by Crippen LogP contribution is 2.24. The van der Waals surface area contributed by atoms with Gasteiger partial charge in [0.25, 0.3) is 5.91 Å². The number of hydrogen-bond acceptors (Lipinski definition) is 4. The number of terminal acetylenes is 1. The van der Waals surface area contributed by atoms with Crippen LogP contribution in [0.5, 0.6) is 0 Å². The monoisotopic (exact) mass is 484 g/mol. The van der Waals surface area contributed by atoms with Gasteiger partial charge in [-0.2, -0.15) is 9.82 Å². The second-order valence-electron chi connectivity index (χ2n) is 7.80. The fourth-order valence-corrected chi connectivity index (χ4v) is 4.61. The van der Waals surface area contributed by atoms with E-state index in [1.165, 1.54) is 18.2 Å². The Morgan fingerprint density at radius 1 is 1.00 bits per heavy atom. The number of aromatic nitrogens is 2. The third-order valence-electron chi connectivity index (χ3n) is 5.40. The molecule has 4 rings (SSSR count). The van der Waals surface area contributed by atoms with Crippen molar-refractivity contribution < 1.29 is 13.2 Å². The highest BCUT2D eigenvalue weighted by Gasteiger charge is 2.16. The highest BCUT2D eigenvalue weighted by molar-refractivity contribution is 7.89. The largest absolute Gasteiger partial charge is 0.348 e. The first-order valence-electron chi connectivity index (χ1n) is 10.9. The van der Waals surface area contributed by atoms with Gasteiger partial charge in [0.1, 0.15) is 0 Å². The molecule has 35 heavy (non-hydrogen) atoms. The number of benzene rings is 3. The molecule has 2 N–H and O–H groups in total. The van der Waals surface area contributed by atoms with E-state index in [0.29, 0.717) is 6.54 Å². The molecular formula is C27H24N4O3S. The Morgan fingerprint density at radius 2 is 1.80 bits per heavy atom. The Balaban J connectivity index is 1.46. The van der Waals surface area contributed by atoms with E-state index in [-0.39, 0.29) is 29.5 Å². The molecule has 176 valence electrons. The minimum Gasteiger partial charge on any atom is -0.348 e. The molecule has 0 aliphatic rings. The zero-order valence-corrected chi connectivity index (χ0v) is 19.7. The van der Waals surface area contributed by atoms with Crippen molar-refractivity contribution in [3.63, 3.8) is 0 Å². The number of carbonyl (C=O) groups excluding carboxylic acids is 1. The molecule has 1 amide bonds. The highest BCUT2D eigenvalue weighted by atomic mass is 32.2. The van der Waals surface area contributed by atoms with E-state index >= 15 is 0 Å². The summed E-state index contributed by atoms with van der Waals surface area (Å²) in [4.78, 5) is 12.8. The maximum absolute atomic E-state index is 12.8. The van der Waals surface area contributed by atoms with Crippen molar-refractivity contribution in [2.75, 3.05) is 6.54 Å². The molecule has 0 bridgehead atoms. The standard InChI is InChI=1S/C27H24N4O3S/c1-2-15-30-35(33,34)25-9-5-8-23(18-25)27(32)28-19-24-7-3-4-10-26(24)22-13-11-21(12-14-22)20-31-17-6-16-29-31/h1,3-14,16-18,30H,15,19-20H2,(H,28,32). The van der Waals surface area contributed by atoms with Gasteiger partial charge in [-0.1, -0.05) is 60.5 Å². The minimum atomic E-state index is -3.79. The van der Waals surface area contributed by atoms with Crippen LogP contribution in [0.1, 0.15) is 21.5 Å². The predicted molar refractivity (Wildman–Crippen MR) is 135 cm³/mol. The lowest BCUT2D eigenvalue weighted by Crippen LogP contribution is -2.26. The first-order valence-corrected chi connectivity index (χ1v) is 12.4. The molecule has 0 aliphatic carbocycles. The van der Waals surface area contributed by atoms with Gasteiger partial charge in [-0.05, 0) is 46.5 Å². The Hall–Kier alpha value is -4.19. The Morgan fingerprint density at radius 3 is 2.54 bits per heavy atom. The molecule has 8 heteroatoms. The number of nitrogens with zero attached hydrogens (tertiary/aromatic N) is 2. The number of sulfonamides is 1. The maximum Gasteiger partial charge on any atom is 0.251 e. The lowest BCUT2D eigenvalue weighted by molar-refractivity contribution is 0.0950. The number of rotatable bonds is 9. The van der Waals surface area contributed by atoms with Crippen LogP contribution < -0.4 is 10.0 Å². The molecule has 1 heterocycles. The summed E-state index contributed by atoms with van der Waals surface area (Å²) in [6.45, 7) is 0.855. The van der Waals surface area contributed by atoms with Crippen LogP contribution >= 0.6 is 0 Å². The SMILES string of the molecule is C#CCNS(=O)(=O)c1cccc(C(=O)NCc2ccccc2-c2ccc(Cn3cccn3)cc2)c1. The zero-order chi connectivity index (χ0) is 24.7. The van der Waals surface area contributed by atoms with Crippen molar-refractivity contribution in [2.24, 2.45) is 0 Å². The summed E-state index contributed by atoms with van der Waals surface area (Å²) in [5, 5.41) is 7.13. The second kappa shape index (κ2) is 10.8. The molecule has 0 fully saturated rings. The van der Waals surface area contributed by atoms with Crippen LogP contribution in [0.3, 0.4) is 0 Å². The first-order chi connectivity index (χ1) is 17.0. The quantitative estimate of drug-likeness (QED) is 0.356. The maximum atomic E-state index is 12.8. The molecule has 0 saturated heterocycles. The Bertz CT molecular complexity index is 1460. The lowest BCUT2D eigenvalue weighted by atomic mass is 9.98. The number of hydrogen-bond donors (Lipinski definition) is 2. The van der Waals surface area contributed by atoms with Gasteiger partial charge in [0, 0.05) is 24.5 Å². The van der Waals surface area contributed by atoms with Gasteiger partial charge in [-0.3, -0.25) is 9.48 Å². The summed E-state index contributed by atoms with van der Waals surface area (Å²) in [7, 11) is -3.79. The molecule has 7 nitrogen and oxygen atoms in total. The summed E-state index contributed by atoms with van der Waals surface area (Å²) in [6.07, 6.45) is 8.81. The van der Waals surface area contributed by atoms with Crippen LogP contribution in [0.15, 0.2) is 96.2 Å². The molecule has 1 aromatic heterocycles. The van der Waals surface area contributed by atoms with Gasteiger partial charge in [0.2, 0.25) is 10.0 Å². The van der Waals surface area contributed by atoms with Gasteiger partial charge in [0.15, 0.2) is 0 Å². The smallest absolute Gasteiger partial charge is 0.251 e. The molecule has 0 aliphatic heterocycles. The third kappa shape index (κ3) is 6.03. The Kier molecular flexibility index (Phi) is 7.41. The topological polar surface area (TPSA) is 93.1 Å². The summed E-state index contributed by atoms with van der Waals surface area (Å²) >= 11 is 0. The molecule has 0 unspecified atom stereocenters. The summed E-state index contributed by atoms with van der Waals surface area (Å²) in [5.41, 5.74) is 4.36. The van der Waals surface area contributed by atoms with Crippen molar-refractivity contribution in [2.45, 2.75) is 18.0 Å². The van der Waals surface area contributed by atoms with Crippen molar-refractivity contribution >= 4 is 15.9 Å². The first kappa shape index (κ1) is 24.0. The van der Waals surface area contributed by atoms with Gasteiger partial charge < -0.3 is 5.32 Å². The van der Waals surface area contributed by atoms with Crippen LogP contribution in [-0.2, 0) is 23.1 Å². The molecule has 0 spiro atoms. The Labute approximate surface area is 204 Å². The number of nitrogens with one attached hydrogen (secondary N) is 2. The average molecular weight is 485 g/mol. The lowest BCUT2D eigenvalue weighted by Gasteiger charge is -2.12. The van der Waals surface area contributed by atoms with Crippen LogP contribution in [-0.4, -0.2) is 30.7 Å². The van der Waals surface area contributed by atoms with E-state index in [1.807, 2.05) is 41.2 Å². The molecule has 3 aromatic carbocycles. The molecule has 0 radical (unpaired) electrons. The van der Waals surface area contributed by atoms with Crippen molar-refractivity contribution in [1.29, 1.82) is 0 Å². The molecule has 0 atom stereocenters. The zero-order valence-electron chi connectivity index (χ0n) is 18.9. The van der Waals surface area contributed by atoms with Gasteiger partial charge in [0.05, 0.1) is 18.0 Å². The van der Waals surface area contributed by atoms with Crippen LogP contribution in [0.25, 0.3) is 11.1 Å². The van der Waals surface area contributed by atoms with Crippen molar-refractivity contribution in [1.82, 2.24) is 19.8 Å². The number of amides is 1. The van der Waals surface area contributed by atoms with Crippen LogP contribution in [0.2, 0.25) is 0 Å². The normalized spacial score (nSPS) is 11.1. The van der Waals surface area contributed by atoms with Crippen molar-refractivity contribution in [3.05, 3.63) is 108 Å². The van der Waals surface area contributed by atoms with Gasteiger partial charge in [-0.25, -0.2) is 8.42 Å². The van der Waals surface area contributed by atoms with E-state index < -0.39 is 10.0 Å². The molecule has 4 aromatic rings. The minimum absolute atomic E-state index is 0.0176.